The molecule has 0 saturated heterocycles. The summed E-state index contributed by atoms with van der Waals surface area (Å²) >= 11 is 0. The van der Waals surface area contributed by atoms with Gasteiger partial charge in [0.25, 0.3) is 0 Å². The van der Waals surface area contributed by atoms with E-state index in [1.807, 2.05) is 0 Å². The number of rotatable bonds is 5. The van der Waals surface area contributed by atoms with Gasteiger partial charge in [0.2, 0.25) is 10.0 Å². The number of sulfonamides is 1. The van der Waals surface area contributed by atoms with E-state index in [9.17, 15) is 13.2 Å². The maximum absolute atomic E-state index is 11.7. The molecule has 0 rings (SSSR count). The Balaban J connectivity index is 4.61. The van der Waals surface area contributed by atoms with Gasteiger partial charge in [-0.2, -0.15) is 0 Å². The van der Waals surface area contributed by atoms with Gasteiger partial charge in [-0.15, -0.1) is 0 Å². The van der Waals surface area contributed by atoms with Crippen LogP contribution in [0.25, 0.3) is 0 Å². The van der Waals surface area contributed by atoms with Gasteiger partial charge in [-0.05, 0) is 41.5 Å². The third-order valence-corrected chi connectivity index (χ3v) is 4.11. The zero-order valence-corrected chi connectivity index (χ0v) is 13.7. The zero-order chi connectivity index (χ0) is 15.5. The van der Waals surface area contributed by atoms with Crippen molar-refractivity contribution in [2.75, 3.05) is 19.3 Å². The van der Waals surface area contributed by atoms with Gasteiger partial charge in [0.1, 0.15) is 5.60 Å². The van der Waals surface area contributed by atoms with Gasteiger partial charge in [-0.25, -0.2) is 17.5 Å². The largest absolute Gasteiger partial charge is 0.444 e. The van der Waals surface area contributed by atoms with Crippen molar-refractivity contribution in [3.05, 3.63) is 0 Å². The van der Waals surface area contributed by atoms with Crippen molar-refractivity contribution >= 4 is 16.1 Å². The molecular weight excluding hydrogens is 268 g/mol. The quantitative estimate of drug-likeness (QED) is 0.835. The van der Waals surface area contributed by atoms with E-state index in [-0.39, 0.29) is 12.3 Å². The van der Waals surface area contributed by atoms with Crippen molar-refractivity contribution in [3.8, 4) is 0 Å². The number of nitrogens with one attached hydrogen (secondary N) is 1. The fourth-order valence-electron chi connectivity index (χ4n) is 1.49. The molecule has 0 aromatic rings. The molecule has 1 amide bonds. The van der Waals surface area contributed by atoms with E-state index < -0.39 is 27.3 Å². The van der Waals surface area contributed by atoms with Crippen LogP contribution in [-0.4, -0.2) is 49.3 Å². The lowest BCUT2D eigenvalue weighted by Crippen LogP contribution is -2.53. The molecule has 0 fully saturated rings. The number of hydrogen-bond donors (Lipinski definition) is 1. The minimum Gasteiger partial charge on any atom is -0.444 e. The van der Waals surface area contributed by atoms with E-state index in [4.69, 9.17) is 4.74 Å². The van der Waals surface area contributed by atoms with Crippen LogP contribution in [0.4, 0.5) is 4.79 Å². The average Bonchev–Trinajstić information content (AvgIpc) is 2.12. The number of nitrogens with zero attached hydrogens (tertiary/aromatic N) is 1. The molecule has 0 aliphatic heterocycles. The fraction of sp³-hybridized carbons (Fsp3) is 0.917. The van der Waals surface area contributed by atoms with E-state index in [0.29, 0.717) is 0 Å². The number of hydrogen-bond acceptors (Lipinski definition) is 4. The highest BCUT2D eigenvalue weighted by Gasteiger charge is 2.29. The first-order chi connectivity index (χ1) is 8.29. The van der Waals surface area contributed by atoms with E-state index in [1.54, 1.807) is 41.5 Å². The second-order valence-corrected chi connectivity index (χ2v) is 8.53. The normalized spacial score (nSPS) is 13.5. The predicted molar refractivity (Wildman–Crippen MR) is 75.5 cm³/mol. The first-order valence-corrected chi connectivity index (χ1v) is 7.85. The summed E-state index contributed by atoms with van der Waals surface area (Å²) in [6, 6.07) is 0. The molecule has 1 N–H and O–H groups in total. The molecule has 7 heteroatoms. The second kappa shape index (κ2) is 6.09. The van der Waals surface area contributed by atoms with Gasteiger partial charge in [0.05, 0.1) is 11.3 Å². The maximum atomic E-state index is 11.7. The molecular formula is C12H26N2O4S. The Labute approximate surface area is 116 Å². The van der Waals surface area contributed by atoms with Crippen molar-refractivity contribution in [1.82, 2.24) is 9.62 Å². The number of carbonyl (C=O) groups excluding carboxylic acids is 1. The van der Waals surface area contributed by atoms with E-state index in [0.717, 1.165) is 0 Å². The van der Waals surface area contributed by atoms with Gasteiger partial charge < -0.3 is 10.1 Å². The summed E-state index contributed by atoms with van der Waals surface area (Å²) in [5.74, 6) is 0.0337. The summed E-state index contributed by atoms with van der Waals surface area (Å²) < 4.78 is 29.7. The van der Waals surface area contributed by atoms with Crippen molar-refractivity contribution in [2.24, 2.45) is 0 Å². The van der Waals surface area contributed by atoms with Crippen molar-refractivity contribution in [3.63, 3.8) is 0 Å². The Morgan fingerprint density at radius 2 is 1.68 bits per heavy atom. The Bertz CT molecular complexity index is 410. The van der Waals surface area contributed by atoms with Crippen LogP contribution in [0.1, 0.15) is 41.5 Å². The molecule has 0 radical (unpaired) electrons. The topological polar surface area (TPSA) is 75.7 Å². The summed E-state index contributed by atoms with van der Waals surface area (Å²) in [4.78, 5) is 11.7. The molecule has 0 atom stereocenters. The maximum Gasteiger partial charge on any atom is 0.408 e. The minimum absolute atomic E-state index is 0.0337. The lowest BCUT2D eigenvalue weighted by molar-refractivity contribution is 0.0464. The molecule has 0 aromatic heterocycles. The number of carbonyl (C=O) groups is 1. The van der Waals surface area contributed by atoms with E-state index in [1.165, 1.54) is 11.4 Å². The van der Waals surface area contributed by atoms with Crippen LogP contribution < -0.4 is 5.32 Å². The fourth-order valence-corrected chi connectivity index (χ4v) is 2.46. The molecule has 0 heterocycles. The Morgan fingerprint density at radius 1 is 1.21 bits per heavy atom. The van der Waals surface area contributed by atoms with Crippen molar-refractivity contribution in [2.45, 2.75) is 52.7 Å². The highest BCUT2D eigenvalue weighted by Crippen LogP contribution is 2.11. The number of alkyl carbamates (subject to hydrolysis) is 1. The first kappa shape index (κ1) is 18.2. The van der Waals surface area contributed by atoms with Crippen molar-refractivity contribution < 1.29 is 17.9 Å². The van der Waals surface area contributed by atoms with Gasteiger partial charge in [-0.1, -0.05) is 0 Å². The molecule has 114 valence electrons. The van der Waals surface area contributed by atoms with Gasteiger partial charge in [-0.3, -0.25) is 0 Å². The highest BCUT2D eigenvalue weighted by molar-refractivity contribution is 7.89. The van der Waals surface area contributed by atoms with Crippen LogP contribution in [0.3, 0.4) is 0 Å². The number of likely N-dealkylation sites (N-methyl/N-ethyl adjacent to an activating group) is 1. The molecule has 6 nitrogen and oxygen atoms in total. The molecule has 0 aliphatic rings. The molecule has 0 bridgehead atoms. The molecule has 0 aliphatic carbocycles. The Hall–Kier alpha value is -0.820. The van der Waals surface area contributed by atoms with Crippen LogP contribution in [0.5, 0.6) is 0 Å². The van der Waals surface area contributed by atoms with Crippen molar-refractivity contribution in [1.29, 1.82) is 0 Å². The second-order valence-electron chi connectivity index (χ2n) is 6.17. The smallest absolute Gasteiger partial charge is 0.408 e. The Morgan fingerprint density at radius 3 is 2.05 bits per heavy atom. The lowest BCUT2D eigenvalue weighted by Gasteiger charge is -2.31. The molecule has 0 aromatic carbocycles. The van der Waals surface area contributed by atoms with Crippen LogP contribution in [0.2, 0.25) is 0 Å². The molecule has 0 spiro atoms. The minimum atomic E-state index is -3.26. The van der Waals surface area contributed by atoms with Crippen LogP contribution in [0.15, 0.2) is 0 Å². The van der Waals surface area contributed by atoms with E-state index >= 15 is 0 Å². The molecule has 0 saturated carbocycles. The van der Waals surface area contributed by atoms with Crippen LogP contribution in [-0.2, 0) is 14.8 Å². The summed E-state index contributed by atoms with van der Waals surface area (Å²) in [6.45, 7) is 10.6. The SMILES string of the molecule is CCS(=O)(=O)N(C)CC(C)(C)NC(=O)OC(C)(C)C. The third-order valence-electron chi connectivity index (χ3n) is 2.30. The summed E-state index contributed by atoms with van der Waals surface area (Å²) in [5, 5.41) is 2.67. The average molecular weight is 294 g/mol. The van der Waals surface area contributed by atoms with Gasteiger partial charge >= 0.3 is 6.09 Å². The van der Waals surface area contributed by atoms with Crippen LogP contribution in [0, 0.1) is 0 Å². The number of amides is 1. The first-order valence-electron chi connectivity index (χ1n) is 6.24. The summed E-state index contributed by atoms with van der Waals surface area (Å²) in [5.41, 5.74) is -1.29. The summed E-state index contributed by atoms with van der Waals surface area (Å²) in [7, 11) is -1.76. The number of ether oxygens (including phenoxy) is 1. The molecule has 19 heavy (non-hydrogen) atoms. The van der Waals surface area contributed by atoms with Crippen LogP contribution >= 0.6 is 0 Å². The van der Waals surface area contributed by atoms with Gasteiger partial charge in [0, 0.05) is 13.6 Å². The van der Waals surface area contributed by atoms with Gasteiger partial charge in [0.15, 0.2) is 0 Å². The third kappa shape index (κ3) is 7.37. The monoisotopic (exact) mass is 294 g/mol. The van der Waals surface area contributed by atoms with E-state index in [2.05, 4.69) is 5.32 Å². The molecule has 0 unspecified atom stereocenters. The summed E-state index contributed by atoms with van der Waals surface area (Å²) in [6.07, 6.45) is -0.556. The highest BCUT2D eigenvalue weighted by atomic mass is 32.2. The zero-order valence-electron chi connectivity index (χ0n) is 12.9. The predicted octanol–water partition coefficient (Wildman–Crippen LogP) is 1.57. The lowest BCUT2D eigenvalue weighted by atomic mass is 10.1. The Kier molecular flexibility index (Phi) is 5.83. The standard InChI is InChI=1S/C12H26N2O4S/c1-8-19(16,17)14(7)9-12(5,6)13-10(15)18-11(2,3)4/h8-9H2,1-7H3,(H,13,15).